The van der Waals surface area contributed by atoms with Gasteiger partial charge in [0, 0.05) is 18.2 Å². The van der Waals surface area contributed by atoms with Gasteiger partial charge in [-0.1, -0.05) is 49.4 Å². The fourth-order valence-corrected chi connectivity index (χ4v) is 4.59. The van der Waals surface area contributed by atoms with Gasteiger partial charge in [-0.3, -0.25) is 9.69 Å². The van der Waals surface area contributed by atoms with Gasteiger partial charge in [-0.05, 0) is 24.6 Å². The highest BCUT2D eigenvalue weighted by molar-refractivity contribution is 7.99. The molecule has 1 aromatic heterocycles. The topological polar surface area (TPSA) is 86.7 Å². The molecule has 1 aliphatic heterocycles. The molecule has 1 amide bonds. The van der Waals surface area contributed by atoms with Crippen molar-refractivity contribution in [3.05, 3.63) is 48.0 Å². The van der Waals surface area contributed by atoms with Crippen molar-refractivity contribution in [1.82, 2.24) is 15.2 Å². The number of nitrogens with zero attached hydrogens (tertiary/aromatic N) is 4. The van der Waals surface area contributed by atoms with Crippen LogP contribution in [0.5, 0.6) is 17.4 Å². The van der Waals surface area contributed by atoms with E-state index in [0.29, 0.717) is 39.5 Å². The van der Waals surface area contributed by atoms with Gasteiger partial charge in [0.15, 0.2) is 17.2 Å². The van der Waals surface area contributed by atoms with Crippen molar-refractivity contribution in [2.45, 2.75) is 38.1 Å². The van der Waals surface area contributed by atoms with E-state index in [1.807, 2.05) is 36.4 Å². The Labute approximate surface area is 197 Å². The lowest BCUT2D eigenvalue weighted by Crippen LogP contribution is -2.36. The zero-order valence-electron chi connectivity index (χ0n) is 19.1. The van der Waals surface area contributed by atoms with E-state index in [1.165, 1.54) is 18.7 Å². The highest BCUT2D eigenvalue weighted by Gasteiger charge is 2.36. The van der Waals surface area contributed by atoms with Gasteiger partial charge in [0.25, 0.3) is 0 Å². The van der Waals surface area contributed by atoms with Crippen LogP contribution >= 0.6 is 11.8 Å². The molecular formula is C24H26N4O4S. The first kappa shape index (κ1) is 22.8. The van der Waals surface area contributed by atoms with E-state index in [2.05, 4.69) is 22.1 Å². The highest BCUT2D eigenvalue weighted by Crippen LogP contribution is 2.46. The number of amides is 1. The van der Waals surface area contributed by atoms with Crippen molar-refractivity contribution in [3.63, 3.8) is 0 Å². The van der Waals surface area contributed by atoms with E-state index in [4.69, 9.17) is 14.2 Å². The molecule has 172 valence electrons. The zero-order chi connectivity index (χ0) is 23.4. The van der Waals surface area contributed by atoms with Crippen LogP contribution in [0.1, 0.15) is 38.5 Å². The molecule has 1 atom stereocenters. The van der Waals surface area contributed by atoms with Gasteiger partial charge < -0.3 is 14.2 Å². The predicted molar refractivity (Wildman–Crippen MR) is 127 cm³/mol. The number of hydrogen-bond donors (Lipinski definition) is 0. The molecule has 2 heterocycles. The Morgan fingerprint density at radius 1 is 1.12 bits per heavy atom. The first-order valence-electron chi connectivity index (χ1n) is 10.7. The number of para-hydroxylation sites is 2. The van der Waals surface area contributed by atoms with Gasteiger partial charge >= 0.3 is 0 Å². The average Bonchev–Trinajstić information content (AvgIpc) is 2.98. The lowest BCUT2D eigenvalue weighted by atomic mass is 10.1. The molecular weight excluding hydrogens is 440 g/mol. The van der Waals surface area contributed by atoms with Crippen molar-refractivity contribution < 1.29 is 19.0 Å². The Morgan fingerprint density at radius 2 is 1.94 bits per heavy atom. The standard InChI is InChI=1S/C24H26N4O4S/c1-5-6-14-33-24-25-22-20(26-27-24)16-10-7-8-12-18(16)28(15(2)29)23(32-22)17-11-9-13-19(30-3)21(17)31-4/h7-13,23H,5-6,14H2,1-4H3/t23-/m1/s1. The van der Waals surface area contributed by atoms with Gasteiger partial charge in [0.2, 0.25) is 23.2 Å². The summed E-state index contributed by atoms with van der Waals surface area (Å²) in [6.45, 7) is 3.64. The second-order valence-electron chi connectivity index (χ2n) is 7.41. The summed E-state index contributed by atoms with van der Waals surface area (Å²) < 4.78 is 17.6. The number of carbonyl (C=O) groups excluding carboxylic acids is 1. The number of fused-ring (bicyclic) bond motifs is 3. The Kier molecular flexibility index (Phi) is 6.98. The number of methoxy groups -OCH3 is 2. The Morgan fingerprint density at radius 3 is 2.67 bits per heavy atom. The number of aromatic nitrogens is 3. The molecule has 1 aliphatic rings. The number of anilines is 1. The van der Waals surface area contributed by atoms with Crippen LogP contribution in [0.3, 0.4) is 0 Å². The maximum Gasteiger partial charge on any atom is 0.247 e. The van der Waals surface area contributed by atoms with E-state index in [-0.39, 0.29) is 5.91 Å². The quantitative estimate of drug-likeness (QED) is 0.359. The molecule has 0 bridgehead atoms. The number of carbonyl (C=O) groups is 1. The van der Waals surface area contributed by atoms with Gasteiger partial charge in [-0.2, -0.15) is 4.98 Å². The van der Waals surface area contributed by atoms with Crippen molar-refractivity contribution >= 4 is 23.4 Å². The van der Waals surface area contributed by atoms with Gasteiger partial charge in [0.1, 0.15) is 0 Å². The molecule has 0 fully saturated rings. The van der Waals surface area contributed by atoms with E-state index in [9.17, 15) is 4.79 Å². The third kappa shape index (κ3) is 4.45. The number of ether oxygens (including phenoxy) is 3. The van der Waals surface area contributed by atoms with Gasteiger partial charge in [0.05, 0.1) is 25.5 Å². The van der Waals surface area contributed by atoms with Gasteiger partial charge in [-0.25, -0.2) is 0 Å². The first-order chi connectivity index (χ1) is 16.1. The minimum Gasteiger partial charge on any atom is -0.493 e. The van der Waals surface area contributed by atoms with E-state index in [1.54, 1.807) is 25.2 Å². The van der Waals surface area contributed by atoms with Crippen molar-refractivity contribution in [1.29, 1.82) is 0 Å². The SMILES string of the molecule is CCCCSc1nnc2c(n1)O[C@H](c1cccc(OC)c1OC)N(C(C)=O)c1ccccc1-2. The molecule has 0 saturated carbocycles. The summed E-state index contributed by atoms with van der Waals surface area (Å²) in [5, 5.41) is 9.29. The minimum atomic E-state index is -0.847. The third-order valence-electron chi connectivity index (χ3n) is 5.28. The van der Waals surface area contributed by atoms with Crippen molar-refractivity contribution in [3.8, 4) is 28.6 Å². The molecule has 0 radical (unpaired) electrons. The smallest absolute Gasteiger partial charge is 0.247 e. The lowest BCUT2D eigenvalue weighted by Gasteiger charge is -2.31. The second kappa shape index (κ2) is 10.1. The molecule has 0 spiro atoms. The summed E-state index contributed by atoms with van der Waals surface area (Å²) >= 11 is 1.53. The monoisotopic (exact) mass is 466 g/mol. The summed E-state index contributed by atoms with van der Waals surface area (Å²) in [7, 11) is 3.13. The van der Waals surface area contributed by atoms with Crippen LogP contribution in [0.25, 0.3) is 11.3 Å². The van der Waals surface area contributed by atoms with Crippen LogP contribution in [0.4, 0.5) is 5.69 Å². The Bertz CT molecular complexity index is 1160. The molecule has 8 nitrogen and oxygen atoms in total. The molecule has 33 heavy (non-hydrogen) atoms. The van der Waals surface area contributed by atoms with Crippen molar-refractivity contribution in [2.75, 3.05) is 24.9 Å². The zero-order valence-corrected chi connectivity index (χ0v) is 19.9. The van der Waals surface area contributed by atoms with Crippen LogP contribution in [-0.4, -0.2) is 41.1 Å². The van der Waals surface area contributed by atoms with Crippen LogP contribution in [-0.2, 0) is 4.79 Å². The lowest BCUT2D eigenvalue weighted by molar-refractivity contribution is -0.118. The third-order valence-corrected chi connectivity index (χ3v) is 6.20. The predicted octanol–water partition coefficient (Wildman–Crippen LogP) is 4.89. The minimum absolute atomic E-state index is 0.198. The molecule has 0 unspecified atom stereocenters. The molecule has 0 aliphatic carbocycles. The van der Waals surface area contributed by atoms with Crippen LogP contribution in [0.2, 0.25) is 0 Å². The molecule has 0 N–H and O–H groups in total. The second-order valence-corrected chi connectivity index (χ2v) is 8.47. The molecule has 2 aromatic carbocycles. The fraction of sp³-hybridized carbons (Fsp3) is 0.333. The molecule has 4 rings (SSSR count). The van der Waals surface area contributed by atoms with E-state index < -0.39 is 6.23 Å². The first-order valence-corrected chi connectivity index (χ1v) is 11.7. The summed E-state index contributed by atoms with van der Waals surface area (Å²) in [6.07, 6.45) is 1.29. The number of hydrogen-bond acceptors (Lipinski definition) is 8. The fourth-order valence-electron chi connectivity index (χ4n) is 3.73. The highest BCUT2D eigenvalue weighted by atomic mass is 32.2. The summed E-state index contributed by atoms with van der Waals surface area (Å²) in [5.41, 5.74) is 2.49. The van der Waals surface area contributed by atoms with Crippen LogP contribution < -0.4 is 19.1 Å². The molecule has 3 aromatic rings. The Balaban J connectivity index is 1.90. The normalized spacial score (nSPS) is 14.5. The molecule has 0 saturated heterocycles. The van der Waals surface area contributed by atoms with E-state index in [0.717, 1.165) is 24.2 Å². The van der Waals surface area contributed by atoms with E-state index >= 15 is 0 Å². The van der Waals surface area contributed by atoms with Crippen LogP contribution in [0.15, 0.2) is 47.6 Å². The number of rotatable bonds is 7. The maximum absolute atomic E-state index is 13.0. The maximum atomic E-state index is 13.0. The summed E-state index contributed by atoms with van der Waals surface area (Å²) in [6, 6.07) is 13.0. The molecule has 9 heteroatoms. The Hall–Kier alpha value is -3.33. The number of thioether (sulfide) groups is 1. The number of unbranched alkanes of at least 4 members (excludes halogenated alkanes) is 1. The van der Waals surface area contributed by atoms with Crippen molar-refractivity contribution in [2.24, 2.45) is 0 Å². The largest absolute Gasteiger partial charge is 0.493 e. The average molecular weight is 467 g/mol. The van der Waals surface area contributed by atoms with Crippen LogP contribution in [0, 0.1) is 0 Å². The summed E-state index contributed by atoms with van der Waals surface area (Å²) in [4.78, 5) is 19.2. The number of benzene rings is 2. The van der Waals surface area contributed by atoms with Gasteiger partial charge in [-0.15, -0.1) is 10.2 Å². The summed E-state index contributed by atoms with van der Waals surface area (Å²) in [5.74, 6) is 2.03.